The second-order valence-corrected chi connectivity index (χ2v) is 4.77. The van der Waals surface area contributed by atoms with Crippen molar-refractivity contribution in [2.45, 2.75) is 6.18 Å². The highest BCUT2D eigenvalue weighted by molar-refractivity contribution is 6.36. The molecule has 0 saturated heterocycles. The van der Waals surface area contributed by atoms with E-state index in [4.69, 9.17) is 28.9 Å². The highest BCUT2D eigenvalue weighted by atomic mass is 35.5. The largest absolute Gasteiger partial charge is 0.417 e. The first-order chi connectivity index (χ1) is 8.79. The summed E-state index contributed by atoms with van der Waals surface area (Å²) in [4.78, 5) is 0. The van der Waals surface area contributed by atoms with Crippen molar-refractivity contribution in [2.24, 2.45) is 0 Å². The van der Waals surface area contributed by atoms with Crippen LogP contribution in [0.3, 0.4) is 0 Å². The SMILES string of the molecule is Nc1ccc(C(F)(F)F)c(-c2ccc(Cl)cc2Cl)c1. The van der Waals surface area contributed by atoms with E-state index in [9.17, 15) is 13.2 Å². The minimum atomic E-state index is -4.48. The summed E-state index contributed by atoms with van der Waals surface area (Å²) in [5.41, 5.74) is 5.18. The molecule has 2 aromatic rings. The number of benzene rings is 2. The average molecular weight is 306 g/mol. The van der Waals surface area contributed by atoms with Crippen molar-refractivity contribution in [1.82, 2.24) is 0 Å². The molecule has 0 aliphatic rings. The molecule has 0 spiro atoms. The van der Waals surface area contributed by atoms with Crippen molar-refractivity contribution in [3.05, 3.63) is 52.0 Å². The third-order valence-corrected chi connectivity index (χ3v) is 3.12. The fourth-order valence-corrected chi connectivity index (χ4v) is 2.25. The lowest BCUT2D eigenvalue weighted by Gasteiger charge is -2.14. The third-order valence-electron chi connectivity index (χ3n) is 2.57. The van der Waals surface area contributed by atoms with Crippen molar-refractivity contribution in [3.63, 3.8) is 0 Å². The molecule has 0 radical (unpaired) electrons. The Morgan fingerprint density at radius 1 is 0.895 bits per heavy atom. The van der Waals surface area contributed by atoms with Crippen molar-refractivity contribution >= 4 is 28.9 Å². The molecule has 0 aliphatic carbocycles. The van der Waals surface area contributed by atoms with Gasteiger partial charge in [-0.2, -0.15) is 13.2 Å². The van der Waals surface area contributed by atoms with E-state index < -0.39 is 11.7 Å². The highest BCUT2D eigenvalue weighted by Gasteiger charge is 2.34. The van der Waals surface area contributed by atoms with Crippen molar-refractivity contribution in [3.8, 4) is 11.1 Å². The Hall–Kier alpha value is -1.39. The highest BCUT2D eigenvalue weighted by Crippen LogP contribution is 2.40. The molecule has 0 amide bonds. The first kappa shape index (κ1) is 14.0. The molecule has 0 bridgehead atoms. The van der Waals surface area contributed by atoms with E-state index in [2.05, 4.69) is 0 Å². The van der Waals surface area contributed by atoms with Gasteiger partial charge >= 0.3 is 6.18 Å². The Kier molecular flexibility index (Phi) is 3.65. The first-order valence-corrected chi connectivity index (χ1v) is 5.97. The fraction of sp³-hybridized carbons (Fsp3) is 0.0769. The first-order valence-electron chi connectivity index (χ1n) is 5.21. The maximum Gasteiger partial charge on any atom is 0.417 e. The summed E-state index contributed by atoms with van der Waals surface area (Å²) >= 11 is 11.7. The molecule has 0 aromatic heterocycles. The van der Waals surface area contributed by atoms with E-state index in [0.29, 0.717) is 5.02 Å². The smallest absolute Gasteiger partial charge is 0.399 e. The van der Waals surface area contributed by atoms with Crippen LogP contribution in [0.2, 0.25) is 10.0 Å². The number of rotatable bonds is 1. The Balaban J connectivity index is 2.70. The Bertz CT molecular complexity index is 624. The summed E-state index contributed by atoms with van der Waals surface area (Å²) in [6, 6.07) is 7.70. The summed E-state index contributed by atoms with van der Waals surface area (Å²) in [7, 11) is 0. The zero-order valence-corrected chi connectivity index (χ0v) is 10.9. The minimum Gasteiger partial charge on any atom is -0.399 e. The minimum absolute atomic E-state index is 0.0610. The molecule has 2 aromatic carbocycles. The predicted octanol–water partition coefficient (Wildman–Crippen LogP) is 5.26. The van der Waals surface area contributed by atoms with Gasteiger partial charge in [-0.1, -0.05) is 29.3 Å². The maximum absolute atomic E-state index is 13.0. The van der Waals surface area contributed by atoms with Crippen LogP contribution in [-0.2, 0) is 6.18 Å². The lowest BCUT2D eigenvalue weighted by Crippen LogP contribution is -2.07. The van der Waals surface area contributed by atoms with Crippen LogP contribution < -0.4 is 5.73 Å². The summed E-state index contributed by atoms with van der Waals surface area (Å²) in [6.45, 7) is 0. The molecule has 0 unspecified atom stereocenters. The molecule has 19 heavy (non-hydrogen) atoms. The van der Waals surface area contributed by atoms with Gasteiger partial charge in [-0.05, 0) is 35.9 Å². The van der Waals surface area contributed by atoms with Crippen molar-refractivity contribution < 1.29 is 13.2 Å². The number of anilines is 1. The van der Waals surface area contributed by atoms with Crippen LogP contribution in [0.1, 0.15) is 5.56 Å². The van der Waals surface area contributed by atoms with Gasteiger partial charge in [0.15, 0.2) is 0 Å². The Labute approximate surface area is 117 Å². The second-order valence-electron chi connectivity index (χ2n) is 3.93. The molecule has 2 N–H and O–H groups in total. The number of halogens is 5. The van der Waals surface area contributed by atoms with Crippen LogP contribution in [0.5, 0.6) is 0 Å². The number of hydrogen-bond donors (Lipinski definition) is 1. The van der Waals surface area contributed by atoms with Gasteiger partial charge in [0.2, 0.25) is 0 Å². The Morgan fingerprint density at radius 2 is 1.58 bits per heavy atom. The molecule has 0 fully saturated rings. The standard InChI is InChI=1S/C13H8Cl2F3N/c14-7-1-3-9(12(15)5-7)10-6-8(19)2-4-11(10)13(16,17)18/h1-6H,19H2. The van der Waals surface area contributed by atoms with Gasteiger partial charge < -0.3 is 5.73 Å². The predicted molar refractivity (Wildman–Crippen MR) is 71.3 cm³/mol. The van der Waals surface area contributed by atoms with E-state index >= 15 is 0 Å². The van der Waals surface area contributed by atoms with Gasteiger partial charge in [0.25, 0.3) is 0 Å². The molecule has 0 saturated carbocycles. The van der Waals surface area contributed by atoms with E-state index in [1.54, 1.807) is 0 Å². The van der Waals surface area contributed by atoms with Gasteiger partial charge in [-0.3, -0.25) is 0 Å². The Morgan fingerprint density at radius 3 is 2.16 bits per heavy atom. The van der Waals surface area contributed by atoms with Crippen LogP contribution in [0.15, 0.2) is 36.4 Å². The summed E-state index contributed by atoms with van der Waals surface area (Å²) in [5, 5.41) is 0.495. The molecule has 0 heterocycles. The summed E-state index contributed by atoms with van der Waals surface area (Å²) in [5.74, 6) is 0. The van der Waals surface area contributed by atoms with E-state index in [-0.39, 0.29) is 21.8 Å². The quantitative estimate of drug-likeness (QED) is 0.714. The van der Waals surface area contributed by atoms with Crippen molar-refractivity contribution in [2.75, 3.05) is 5.73 Å². The van der Waals surface area contributed by atoms with Crippen molar-refractivity contribution in [1.29, 1.82) is 0 Å². The van der Waals surface area contributed by atoms with Crippen LogP contribution >= 0.6 is 23.2 Å². The van der Waals surface area contributed by atoms with Crippen LogP contribution in [0.4, 0.5) is 18.9 Å². The molecule has 1 nitrogen and oxygen atoms in total. The van der Waals surface area contributed by atoms with E-state index in [0.717, 1.165) is 6.07 Å². The van der Waals surface area contributed by atoms with Gasteiger partial charge in [0.05, 0.1) is 5.56 Å². The topological polar surface area (TPSA) is 26.0 Å². The van der Waals surface area contributed by atoms with E-state index in [1.165, 1.54) is 30.3 Å². The fourth-order valence-electron chi connectivity index (χ4n) is 1.74. The second kappa shape index (κ2) is 4.94. The number of nitrogens with two attached hydrogens (primary N) is 1. The van der Waals surface area contributed by atoms with Gasteiger partial charge in [0.1, 0.15) is 0 Å². The molecular weight excluding hydrogens is 298 g/mol. The zero-order valence-electron chi connectivity index (χ0n) is 9.43. The molecule has 0 aliphatic heterocycles. The number of hydrogen-bond acceptors (Lipinski definition) is 1. The van der Waals surface area contributed by atoms with E-state index in [1.807, 2.05) is 0 Å². The lowest BCUT2D eigenvalue weighted by atomic mass is 9.98. The van der Waals surface area contributed by atoms with Gasteiger partial charge in [-0.25, -0.2) is 0 Å². The van der Waals surface area contributed by atoms with Crippen LogP contribution in [0, 0.1) is 0 Å². The maximum atomic E-state index is 13.0. The average Bonchev–Trinajstić information content (AvgIpc) is 2.27. The summed E-state index contributed by atoms with van der Waals surface area (Å²) < 4.78 is 38.9. The summed E-state index contributed by atoms with van der Waals surface area (Å²) in [6.07, 6.45) is -4.48. The lowest BCUT2D eigenvalue weighted by molar-refractivity contribution is -0.137. The molecule has 2 rings (SSSR count). The molecule has 100 valence electrons. The van der Waals surface area contributed by atoms with Gasteiger partial charge in [0, 0.05) is 21.3 Å². The molecule has 0 atom stereocenters. The zero-order chi connectivity index (χ0) is 14.2. The number of alkyl halides is 3. The van der Waals surface area contributed by atoms with Crippen LogP contribution in [0.25, 0.3) is 11.1 Å². The normalized spacial score (nSPS) is 11.6. The van der Waals surface area contributed by atoms with Gasteiger partial charge in [-0.15, -0.1) is 0 Å². The molecule has 6 heteroatoms. The monoisotopic (exact) mass is 305 g/mol. The van der Waals surface area contributed by atoms with Crippen LogP contribution in [-0.4, -0.2) is 0 Å². The third kappa shape index (κ3) is 2.96. The number of nitrogen functional groups attached to an aromatic ring is 1. The molecular formula is C13H8Cl2F3N.